The molecule has 1 N–H and O–H groups in total. The Morgan fingerprint density at radius 3 is 1.77 bits per heavy atom. The van der Waals surface area contributed by atoms with Crippen LogP contribution in [0.15, 0.2) is 30.3 Å². The second-order valence-electron chi connectivity index (χ2n) is 2.02. The van der Waals surface area contributed by atoms with Gasteiger partial charge in [0.05, 0.1) is 6.61 Å². The van der Waals surface area contributed by atoms with E-state index < -0.39 is 8.26 Å². The van der Waals surface area contributed by atoms with E-state index in [9.17, 15) is 0 Å². The van der Waals surface area contributed by atoms with E-state index in [0.29, 0.717) is 0 Å². The number of aliphatic hydroxyl groups excluding tert-OH is 1. The Morgan fingerprint density at radius 1 is 1.15 bits per heavy atom. The van der Waals surface area contributed by atoms with Gasteiger partial charge in [0.2, 0.25) is 0 Å². The lowest BCUT2D eigenvalue weighted by molar-refractivity contribution is 0.282. The number of hydrogen-bond donors (Lipinski definition) is 1. The van der Waals surface area contributed by atoms with Crippen LogP contribution in [0.4, 0.5) is 0 Å². The van der Waals surface area contributed by atoms with E-state index in [-0.39, 0.29) is 6.61 Å². The molecule has 0 aliphatic rings. The van der Waals surface area contributed by atoms with Crippen molar-refractivity contribution in [1.82, 2.24) is 0 Å². The molecular weight excluding hydrogens is 235 g/mol. The van der Waals surface area contributed by atoms with Gasteiger partial charge >= 0.3 is 8.26 Å². The van der Waals surface area contributed by atoms with Crippen LogP contribution in [-0.2, 0) is 14.9 Å². The third-order valence-electron chi connectivity index (χ3n) is 1.03. The summed E-state index contributed by atoms with van der Waals surface area (Å²) >= 11 is 0. The maximum Gasteiger partial charge on any atom is 0.317 e. The van der Waals surface area contributed by atoms with Gasteiger partial charge in [-0.2, -0.15) is 8.42 Å². The highest BCUT2D eigenvalue weighted by molar-refractivity contribution is 8.31. The zero-order valence-corrected chi connectivity index (χ0v) is 8.85. The number of hydrogen-bond acceptors (Lipinski definition) is 3. The molecule has 0 aliphatic heterocycles. The zero-order valence-electron chi connectivity index (χ0n) is 6.52. The highest BCUT2D eigenvalue weighted by atomic mass is 36.0. The Bertz CT molecular complexity index is 315. The lowest BCUT2D eigenvalue weighted by Gasteiger charge is -1.89. The summed E-state index contributed by atoms with van der Waals surface area (Å²) in [5.41, 5.74) is 0.965. The number of benzene rings is 1. The Morgan fingerprint density at radius 2 is 1.54 bits per heavy atom. The largest absolute Gasteiger partial charge is 0.392 e. The standard InChI is InChI=1S/C7H8O.Cl2O2S/c8-6-7-4-2-1-3-5-7;1-5(2,3)4/h1-5,8H,6H2;. The fourth-order valence-corrected chi connectivity index (χ4v) is 0.583. The van der Waals surface area contributed by atoms with Gasteiger partial charge in [-0.1, -0.05) is 30.3 Å². The third kappa shape index (κ3) is 11.7. The quantitative estimate of drug-likeness (QED) is 0.766. The predicted molar refractivity (Wildman–Crippen MR) is 53.0 cm³/mol. The van der Waals surface area contributed by atoms with E-state index in [1.165, 1.54) is 0 Å². The van der Waals surface area contributed by atoms with Gasteiger partial charge in [-0.05, 0) is 5.56 Å². The molecule has 0 heterocycles. The molecular formula is C7H8Cl2O3S. The molecule has 3 nitrogen and oxygen atoms in total. The third-order valence-corrected chi connectivity index (χ3v) is 1.03. The first-order chi connectivity index (χ1) is 5.93. The molecule has 1 aromatic rings. The summed E-state index contributed by atoms with van der Waals surface area (Å²) in [4.78, 5) is 0. The number of halogens is 2. The van der Waals surface area contributed by atoms with E-state index in [2.05, 4.69) is 21.4 Å². The van der Waals surface area contributed by atoms with Crippen LogP contribution in [0.3, 0.4) is 0 Å². The first-order valence-electron chi connectivity index (χ1n) is 3.22. The molecule has 1 rings (SSSR count). The lowest BCUT2D eigenvalue weighted by atomic mass is 10.2. The van der Waals surface area contributed by atoms with Gasteiger partial charge in [0.1, 0.15) is 0 Å². The molecule has 0 aliphatic carbocycles. The van der Waals surface area contributed by atoms with Crippen molar-refractivity contribution in [3.05, 3.63) is 35.9 Å². The van der Waals surface area contributed by atoms with Crippen LogP contribution in [0.1, 0.15) is 5.56 Å². The van der Waals surface area contributed by atoms with Gasteiger partial charge in [0, 0.05) is 21.4 Å². The Kier molecular flexibility index (Phi) is 6.07. The molecule has 0 unspecified atom stereocenters. The predicted octanol–water partition coefficient (Wildman–Crippen LogP) is 1.89. The molecule has 0 bridgehead atoms. The van der Waals surface area contributed by atoms with Crippen molar-refractivity contribution in [3.63, 3.8) is 0 Å². The molecule has 1 aromatic carbocycles. The molecule has 0 saturated carbocycles. The van der Waals surface area contributed by atoms with Crippen LogP contribution in [0, 0.1) is 0 Å². The van der Waals surface area contributed by atoms with Gasteiger partial charge in [0.15, 0.2) is 0 Å². The minimum atomic E-state index is -3.72. The molecule has 0 radical (unpaired) electrons. The van der Waals surface area contributed by atoms with Crippen LogP contribution >= 0.6 is 21.4 Å². The maximum atomic E-state index is 9.16. The summed E-state index contributed by atoms with van der Waals surface area (Å²) in [6.07, 6.45) is 0. The van der Waals surface area contributed by atoms with Crippen molar-refractivity contribution < 1.29 is 13.5 Å². The summed E-state index contributed by atoms with van der Waals surface area (Å²) in [5, 5.41) is 8.54. The molecule has 6 heteroatoms. The number of rotatable bonds is 1. The minimum absolute atomic E-state index is 0.140. The van der Waals surface area contributed by atoms with Crippen molar-refractivity contribution in [1.29, 1.82) is 0 Å². The summed E-state index contributed by atoms with van der Waals surface area (Å²) in [6, 6.07) is 9.52. The van der Waals surface area contributed by atoms with Crippen molar-refractivity contribution in [2.24, 2.45) is 0 Å². The first kappa shape index (κ1) is 12.7. The smallest absolute Gasteiger partial charge is 0.317 e. The Hall–Kier alpha value is -0.290. The van der Waals surface area contributed by atoms with Crippen molar-refractivity contribution >= 4 is 29.6 Å². The van der Waals surface area contributed by atoms with Gasteiger partial charge in [0.25, 0.3) is 0 Å². The van der Waals surface area contributed by atoms with E-state index in [4.69, 9.17) is 13.5 Å². The molecule has 74 valence electrons. The summed E-state index contributed by atoms with van der Waals surface area (Å²) in [7, 11) is 4.81. The highest BCUT2D eigenvalue weighted by Crippen LogP contribution is 1.98. The van der Waals surface area contributed by atoms with Crippen molar-refractivity contribution in [2.75, 3.05) is 0 Å². The topological polar surface area (TPSA) is 54.4 Å². The Labute approximate surface area is 85.8 Å². The second kappa shape index (κ2) is 6.21. The van der Waals surface area contributed by atoms with Crippen LogP contribution in [0.5, 0.6) is 0 Å². The van der Waals surface area contributed by atoms with E-state index in [1.54, 1.807) is 0 Å². The van der Waals surface area contributed by atoms with Crippen LogP contribution < -0.4 is 0 Å². The number of aliphatic hydroxyl groups is 1. The van der Waals surface area contributed by atoms with Crippen molar-refractivity contribution in [2.45, 2.75) is 6.61 Å². The van der Waals surface area contributed by atoms with Crippen LogP contribution in [0.25, 0.3) is 0 Å². The summed E-state index contributed by atoms with van der Waals surface area (Å²) in [5.74, 6) is 0. The normalized spacial score (nSPS) is 10.1. The minimum Gasteiger partial charge on any atom is -0.392 e. The average Bonchev–Trinajstić information content (AvgIpc) is 2.03. The van der Waals surface area contributed by atoms with Gasteiger partial charge in [-0.25, -0.2) is 0 Å². The van der Waals surface area contributed by atoms with Crippen molar-refractivity contribution in [3.8, 4) is 0 Å². The fourth-order valence-electron chi connectivity index (χ4n) is 0.583. The zero-order chi connectivity index (χ0) is 10.3. The lowest BCUT2D eigenvalue weighted by Crippen LogP contribution is -1.77. The Balaban J connectivity index is 0.000000252. The van der Waals surface area contributed by atoms with Crippen LogP contribution in [0.2, 0.25) is 0 Å². The molecule has 0 saturated heterocycles. The molecule has 0 amide bonds. The molecule has 0 spiro atoms. The van der Waals surface area contributed by atoms with E-state index >= 15 is 0 Å². The summed E-state index contributed by atoms with van der Waals surface area (Å²) < 4.78 is 18.3. The SMILES string of the molecule is O=S(=O)(Cl)Cl.OCc1ccccc1. The maximum absolute atomic E-state index is 9.16. The van der Waals surface area contributed by atoms with Gasteiger partial charge in [-0.3, -0.25) is 0 Å². The fraction of sp³-hybridized carbons (Fsp3) is 0.143. The van der Waals surface area contributed by atoms with Gasteiger partial charge < -0.3 is 5.11 Å². The molecule has 0 fully saturated rings. The van der Waals surface area contributed by atoms with Crippen LogP contribution in [-0.4, -0.2) is 13.5 Å². The average molecular weight is 243 g/mol. The summed E-state index contributed by atoms with van der Waals surface area (Å²) in [6.45, 7) is 0.140. The second-order valence-corrected chi connectivity index (χ2v) is 5.69. The highest BCUT2D eigenvalue weighted by Gasteiger charge is 1.88. The molecule has 13 heavy (non-hydrogen) atoms. The van der Waals surface area contributed by atoms with E-state index in [1.807, 2.05) is 30.3 Å². The first-order valence-corrected chi connectivity index (χ1v) is 6.36. The molecule has 0 aromatic heterocycles. The van der Waals surface area contributed by atoms with E-state index in [0.717, 1.165) is 5.56 Å². The monoisotopic (exact) mass is 242 g/mol. The molecule has 0 atom stereocenters. The van der Waals surface area contributed by atoms with Gasteiger partial charge in [-0.15, -0.1) is 0 Å².